The van der Waals surface area contributed by atoms with Crippen LogP contribution in [0.1, 0.15) is 5.69 Å². The second kappa shape index (κ2) is 3.32. The zero-order valence-electron chi connectivity index (χ0n) is 5.25. The minimum absolute atomic E-state index is 0.358. The van der Waals surface area contributed by atoms with Crippen LogP contribution >= 0.6 is 11.6 Å². The normalized spacial score (nSPS) is 9.30. The standard InChI is InChI=1S/C7H6ClNO/c8-6-1-2-7(3-4-10)9-5-6/h1-2,4-5H,3H2. The van der Waals surface area contributed by atoms with E-state index < -0.39 is 0 Å². The Hall–Kier alpha value is -0.890. The molecule has 1 aromatic rings. The number of carbonyl (C=O) groups excluding carboxylic acids is 1. The summed E-state index contributed by atoms with van der Waals surface area (Å²) >= 11 is 5.56. The maximum atomic E-state index is 9.99. The summed E-state index contributed by atoms with van der Waals surface area (Å²) in [6.45, 7) is 0. The van der Waals surface area contributed by atoms with Crippen LogP contribution in [0.25, 0.3) is 0 Å². The monoisotopic (exact) mass is 155 g/mol. The van der Waals surface area contributed by atoms with Gasteiger partial charge in [-0.15, -0.1) is 0 Å². The van der Waals surface area contributed by atoms with Gasteiger partial charge in [0.05, 0.1) is 5.02 Å². The predicted octanol–water partition coefficient (Wildman–Crippen LogP) is 1.48. The summed E-state index contributed by atoms with van der Waals surface area (Å²) in [5, 5.41) is 0.592. The van der Waals surface area contributed by atoms with Crippen LogP contribution in [-0.2, 0) is 11.2 Å². The molecule has 0 aromatic carbocycles. The van der Waals surface area contributed by atoms with Gasteiger partial charge in [0.1, 0.15) is 6.29 Å². The lowest BCUT2D eigenvalue weighted by atomic mass is 10.3. The summed E-state index contributed by atoms with van der Waals surface area (Å²) in [7, 11) is 0. The maximum Gasteiger partial charge on any atom is 0.125 e. The van der Waals surface area contributed by atoms with Crippen LogP contribution in [-0.4, -0.2) is 11.3 Å². The number of aromatic nitrogens is 1. The second-order valence-corrected chi connectivity index (χ2v) is 2.27. The van der Waals surface area contributed by atoms with Crippen molar-refractivity contribution in [2.75, 3.05) is 0 Å². The van der Waals surface area contributed by atoms with E-state index in [1.165, 1.54) is 6.20 Å². The molecule has 0 N–H and O–H groups in total. The lowest BCUT2D eigenvalue weighted by molar-refractivity contribution is -0.107. The molecule has 0 aliphatic carbocycles. The van der Waals surface area contributed by atoms with E-state index >= 15 is 0 Å². The van der Waals surface area contributed by atoms with Crippen molar-refractivity contribution in [1.82, 2.24) is 4.98 Å². The number of carbonyl (C=O) groups is 1. The molecule has 0 unspecified atom stereocenters. The van der Waals surface area contributed by atoms with E-state index in [0.29, 0.717) is 11.4 Å². The number of pyridine rings is 1. The van der Waals surface area contributed by atoms with Crippen molar-refractivity contribution in [3.05, 3.63) is 29.0 Å². The number of halogens is 1. The summed E-state index contributed by atoms with van der Waals surface area (Å²) in [4.78, 5) is 13.9. The number of rotatable bonds is 2. The van der Waals surface area contributed by atoms with Crippen molar-refractivity contribution >= 4 is 17.9 Å². The molecule has 0 aliphatic rings. The molecule has 0 amide bonds. The van der Waals surface area contributed by atoms with Crippen LogP contribution in [0.3, 0.4) is 0 Å². The molecular formula is C7H6ClNO. The molecule has 0 saturated carbocycles. The van der Waals surface area contributed by atoms with Gasteiger partial charge in [-0.25, -0.2) is 0 Å². The van der Waals surface area contributed by atoms with Gasteiger partial charge in [0, 0.05) is 18.3 Å². The van der Waals surface area contributed by atoms with Gasteiger partial charge in [-0.2, -0.15) is 0 Å². The quantitative estimate of drug-likeness (QED) is 0.606. The second-order valence-electron chi connectivity index (χ2n) is 1.84. The van der Waals surface area contributed by atoms with Crippen LogP contribution in [0.15, 0.2) is 18.3 Å². The van der Waals surface area contributed by atoms with E-state index in [-0.39, 0.29) is 0 Å². The first-order chi connectivity index (χ1) is 4.83. The summed E-state index contributed by atoms with van der Waals surface area (Å²) in [6.07, 6.45) is 2.70. The first-order valence-electron chi connectivity index (χ1n) is 2.87. The Kier molecular flexibility index (Phi) is 2.40. The molecule has 1 aromatic heterocycles. The van der Waals surface area contributed by atoms with Gasteiger partial charge in [0.2, 0.25) is 0 Å². The van der Waals surface area contributed by atoms with E-state index in [4.69, 9.17) is 11.6 Å². The topological polar surface area (TPSA) is 30.0 Å². The molecule has 0 bridgehead atoms. The minimum Gasteiger partial charge on any atom is -0.303 e. The van der Waals surface area contributed by atoms with Gasteiger partial charge in [-0.1, -0.05) is 11.6 Å². The number of hydrogen-bond donors (Lipinski definition) is 0. The molecule has 2 nitrogen and oxygen atoms in total. The van der Waals surface area contributed by atoms with E-state index in [1.54, 1.807) is 12.1 Å². The Morgan fingerprint density at radius 3 is 2.90 bits per heavy atom. The van der Waals surface area contributed by atoms with Gasteiger partial charge in [-0.05, 0) is 12.1 Å². The molecule has 0 aliphatic heterocycles. The largest absolute Gasteiger partial charge is 0.303 e. The molecule has 1 heterocycles. The maximum absolute atomic E-state index is 9.99. The molecule has 1 rings (SSSR count). The van der Waals surface area contributed by atoms with Gasteiger partial charge in [0.25, 0.3) is 0 Å². The van der Waals surface area contributed by atoms with Crippen LogP contribution < -0.4 is 0 Å². The predicted molar refractivity (Wildman–Crippen MR) is 39.0 cm³/mol. The average molecular weight is 156 g/mol. The molecule has 0 saturated heterocycles. The zero-order chi connectivity index (χ0) is 7.40. The Labute approximate surface area is 63.8 Å². The van der Waals surface area contributed by atoms with E-state index in [2.05, 4.69) is 4.98 Å². The Bertz CT molecular complexity index is 220. The molecule has 0 atom stereocenters. The summed E-state index contributed by atoms with van der Waals surface area (Å²) in [6, 6.07) is 3.45. The van der Waals surface area contributed by atoms with Crippen LogP contribution in [0.4, 0.5) is 0 Å². The smallest absolute Gasteiger partial charge is 0.125 e. The van der Waals surface area contributed by atoms with Crippen LogP contribution in [0, 0.1) is 0 Å². The van der Waals surface area contributed by atoms with Crippen molar-refractivity contribution in [2.24, 2.45) is 0 Å². The SMILES string of the molecule is O=CCc1ccc(Cl)cn1. The molecule has 0 radical (unpaired) electrons. The zero-order valence-corrected chi connectivity index (χ0v) is 6.01. The third kappa shape index (κ3) is 1.81. The van der Waals surface area contributed by atoms with Crippen LogP contribution in [0.2, 0.25) is 5.02 Å². The average Bonchev–Trinajstić information content (AvgIpc) is 1.95. The summed E-state index contributed by atoms with van der Waals surface area (Å²) in [5.41, 5.74) is 0.749. The highest BCUT2D eigenvalue weighted by molar-refractivity contribution is 6.30. The first kappa shape index (κ1) is 7.22. The third-order valence-corrected chi connectivity index (χ3v) is 1.30. The number of nitrogens with zero attached hydrogens (tertiary/aromatic N) is 1. The number of hydrogen-bond acceptors (Lipinski definition) is 2. The van der Waals surface area contributed by atoms with E-state index in [0.717, 1.165) is 12.0 Å². The number of aldehydes is 1. The molecule has 0 fully saturated rings. The van der Waals surface area contributed by atoms with Crippen molar-refractivity contribution in [3.8, 4) is 0 Å². The van der Waals surface area contributed by atoms with Crippen molar-refractivity contribution in [3.63, 3.8) is 0 Å². The lowest BCUT2D eigenvalue weighted by Crippen LogP contribution is -1.88. The molecule has 0 spiro atoms. The van der Waals surface area contributed by atoms with Crippen LogP contribution in [0.5, 0.6) is 0 Å². The Morgan fingerprint density at radius 1 is 1.60 bits per heavy atom. The van der Waals surface area contributed by atoms with Crippen molar-refractivity contribution < 1.29 is 4.79 Å². The Balaban J connectivity index is 2.78. The van der Waals surface area contributed by atoms with Crippen molar-refractivity contribution in [2.45, 2.75) is 6.42 Å². The molecule has 52 valence electrons. The Morgan fingerprint density at radius 2 is 2.40 bits per heavy atom. The van der Waals surface area contributed by atoms with E-state index in [1.807, 2.05) is 0 Å². The fraction of sp³-hybridized carbons (Fsp3) is 0.143. The molecular weight excluding hydrogens is 150 g/mol. The van der Waals surface area contributed by atoms with Gasteiger partial charge in [-0.3, -0.25) is 4.98 Å². The fourth-order valence-corrected chi connectivity index (χ4v) is 0.724. The van der Waals surface area contributed by atoms with Crippen molar-refractivity contribution in [1.29, 1.82) is 0 Å². The first-order valence-corrected chi connectivity index (χ1v) is 3.25. The molecule has 3 heteroatoms. The highest BCUT2D eigenvalue weighted by Crippen LogP contribution is 2.05. The third-order valence-electron chi connectivity index (χ3n) is 1.08. The summed E-state index contributed by atoms with van der Waals surface area (Å²) in [5.74, 6) is 0. The molecule has 10 heavy (non-hydrogen) atoms. The highest BCUT2D eigenvalue weighted by Gasteiger charge is 1.91. The van der Waals surface area contributed by atoms with Gasteiger partial charge in [0.15, 0.2) is 0 Å². The fourth-order valence-electron chi connectivity index (χ4n) is 0.613. The summed E-state index contributed by atoms with van der Waals surface area (Å²) < 4.78 is 0. The minimum atomic E-state index is 0.358. The van der Waals surface area contributed by atoms with Gasteiger partial charge >= 0.3 is 0 Å². The van der Waals surface area contributed by atoms with E-state index in [9.17, 15) is 4.79 Å². The lowest BCUT2D eigenvalue weighted by Gasteiger charge is -1.91. The van der Waals surface area contributed by atoms with Gasteiger partial charge < -0.3 is 4.79 Å². The highest BCUT2D eigenvalue weighted by atomic mass is 35.5.